The van der Waals surface area contributed by atoms with Gasteiger partial charge in [0, 0.05) is 37.9 Å². The number of nitrogens with zero attached hydrogens (tertiary/aromatic N) is 4. The van der Waals surface area contributed by atoms with Crippen LogP contribution in [0.15, 0.2) is 40.2 Å². The lowest BCUT2D eigenvalue weighted by Crippen LogP contribution is -2.37. The van der Waals surface area contributed by atoms with Crippen molar-refractivity contribution in [3.8, 4) is 0 Å². The van der Waals surface area contributed by atoms with Gasteiger partial charge in [-0.25, -0.2) is 9.78 Å². The standard InChI is InChI=1S/C15H16ClN5O2/c1-19-13-12(14(22)20(2)15(19)23)21(9-18-13)7-6-17-11-5-3-4-10(16)8-11/h3-5,8-9,17H,6-7H2,1-2H3. The van der Waals surface area contributed by atoms with Crippen LogP contribution in [0.25, 0.3) is 11.2 Å². The largest absolute Gasteiger partial charge is 0.383 e. The fourth-order valence-electron chi connectivity index (χ4n) is 2.49. The van der Waals surface area contributed by atoms with Crippen molar-refractivity contribution < 1.29 is 0 Å². The first-order valence-electron chi connectivity index (χ1n) is 7.09. The average Bonchev–Trinajstić information content (AvgIpc) is 2.95. The molecule has 3 rings (SSSR count). The molecule has 0 radical (unpaired) electrons. The number of anilines is 1. The van der Waals surface area contributed by atoms with E-state index >= 15 is 0 Å². The molecule has 1 aromatic carbocycles. The van der Waals surface area contributed by atoms with Crippen LogP contribution in [0.5, 0.6) is 0 Å². The molecule has 0 aliphatic heterocycles. The Morgan fingerprint density at radius 3 is 2.74 bits per heavy atom. The highest BCUT2D eigenvalue weighted by Gasteiger charge is 2.13. The Kier molecular flexibility index (Phi) is 3.96. The van der Waals surface area contributed by atoms with E-state index in [1.54, 1.807) is 24.0 Å². The van der Waals surface area contributed by atoms with Gasteiger partial charge in [-0.2, -0.15) is 0 Å². The van der Waals surface area contributed by atoms with E-state index in [2.05, 4.69) is 10.3 Å². The number of benzene rings is 1. The first-order chi connectivity index (χ1) is 11.0. The summed E-state index contributed by atoms with van der Waals surface area (Å²) in [6.07, 6.45) is 1.57. The van der Waals surface area contributed by atoms with Gasteiger partial charge in [0.25, 0.3) is 5.56 Å². The molecule has 120 valence electrons. The highest BCUT2D eigenvalue weighted by atomic mass is 35.5. The van der Waals surface area contributed by atoms with Crippen LogP contribution in [-0.2, 0) is 20.6 Å². The van der Waals surface area contributed by atoms with Crippen molar-refractivity contribution in [1.29, 1.82) is 0 Å². The second-order valence-corrected chi connectivity index (χ2v) is 5.69. The van der Waals surface area contributed by atoms with Crippen molar-refractivity contribution >= 4 is 28.5 Å². The molecule has 0 saturated carbocycles. The number of hydrogen-bond acceptors (Lipinski definition) is 4. The number of fused-ring (bicyclic) bond motifs is 1. The van der Waals surface area contributed by atoms with Crippen LogP contribution in [-0.4, -0.2) is 25.2 Å². The third kappa shape index (κ3) is 2.75. The van der Waals surface area contributed by atoms with Crippen LogP contribution >= 0.6 is 11.6 Å². The molecule has 1 N–H and O–H groups in total. The van der Waals surface area contributed by atoms with Gasteiger partial charge >= 0.3 is 5.69 Å². The van der Waals surface area contributed by atoms with Crippen molar-refractivity contribution in [2.45, 2.75) is 6.54 Å². The van der Waals surface area contributed by atoms with E-state index < -0.39 is 0 Å². The summed E-state index contributed by atoms with van der Waals surface area (Å²) in [5, 5.41) is 3.90. The van der Waals surface area contributed by atoms with Crippen LogP contribution in [0.4, 0.5) is 5.69 Å². The molecule has 3 aromatic rings. The van der Waals surface area contributed by atoms with Crippen molar-refractivity contribution in [3.05, 3.63) is 56.5 Å². The van der Waals surface area contributed by atoms with E-state index in [4.69, 9.17) is 11.6 Å². The lowest BCUT2D eigenvalue weighted by molar-refractivity contribution is 0.695. The average molecular weight is 334 g/mol. The fraction of sp³-hybridized carbons (Fsp3) is 0.267. The molecule has 0 aliphatic rings. The van der Waals surface area contributed by atoms with Crippen molar-refractivity contribution in [1.82, 2.24) is 18.7 Å². The Bertz CT molecular complexity index is 986. The lowest BCUT2D eigenvalue weighted by Gasteiger charge is -2.09. The van der Waals surface area contributed by atoms with Crippen LogP contribution < -0.4 is 16.6 Å². The number of aryl methyl sites for hydroxylation is 1. The summed E-state index contributed by atoms with van der Waals surface area (Å²) in [5.74, 6) is 0. The van der Waals surface area contributed by atoms with Crippen LogP contribution in [0, 0.1) is 0 Å². The highest BCUT2D eigenvalue weighted by Crippen LogP contribution is 2.14. The molecule has 7 nitrogen and oxygen atoms in total. The van der Waals surface area contributed by atoms with E-state index in [9.17, 15) is 9.59 Å². The van der Waals surface area contributed by atoms with Gasteiger partial charge in [-0.3, -0.25) is 13.9 Å². The molecule has 8 heteroatoms. The number of rotatable bonds is 4. The third-order valence-electron chi connectivity index (χ3n) is 3.72. The van der Waals surface area contributed by atoms with Gasteiger partial charge in [-0.15, -0.1) is 0 Å². The molecule has 0 aliphatic carbocycles. The second kappa shape index (κ2) is 5.92. The van der Waals surface area contributed by atoms with Gasteiger partial charge in [-0.1, -0.05) is 17.7 Å². The zero-order chi connectivity index (χ0) is 16.6. The minimum absolute atomic E-state index is 0.344. The summed E-state index contributed by atoms with van der Waals surface area (Å²) in [5.41, 5.74) is 0.985. The number of aromatic nitrogens is 4. The predicted molar refractivity (Wildman–Crippen MR) is 90.2 cm³/mol. The topological polar surface area (TPSA) is 73.8 Å². The number of halogens is 1. The van der Waals surface area contributed by atoms with Crippen LogP contribution in [0.2, 0.25) is 5.02 Å². The summed E-state index contributed by atoms with van der Waals surface area (Å²) in [4.78, 5) is 28.4. The van der Waals surface area contributed by atoms with E-state index in [0.29, 0.717) is 29.3 Å². The third-order valence-corrected chi connectivity index (χ3v) is 3.96. The Morgan fingerprint density at radius 2 is 2.00 bits per heavy atom. The molecule has 0 saturated heterocycles. The van der Waals surface area contributed by atoms with E-state index in [1.165, 1.54) is 11.6 Å². The summed E-state index contributed by atoms with van der Waals surface area (Å²) in [7, 11) is 3.07. The number of imidazole rings is 1. The van der Waals surface area contributed by atoms with Gasteiger partial charge < -0.3 is 9.88 Å². The monoisotopic (exact) mass is 333 g/mol. The zero-order valence-electron chi connectivity index (χ0n) is 12.8. The Hall–Kier alpha value is -2.54. The molecule has 0 amide bonds. The number of nitrogens with one attached hydrogen (secondary N) is 1. The smallest absolute Gasteiger partial charge is 0.332 e. The minimum atomic E-state index is -0.384. The summed E-state index contributed by atoms with van der Waals surface area (Å²) in [6, 6.07) is 7.42. The molecule has 0 fully saturated rings. The summed E-state index contributed by atoms with van der Waals surface area (Å²) < 4.78 is 4.21. The normalized spacial score (nSPS) is 11.1. The van der Waals surface area contributed by atoms with Crippen LogP contribution in [0.1, 0.15) is 0 Å². The minimum Gasteiger partial charge on any atom is -0.383 e. The maximum atomic E-state index is 12.3. The van der Waals surface area contributed by atoms with Gasteiger partial charge in [-0.05, 0) is 18.2 Å². The maximum absolute atomic E-state index is 12.3. The molecule has 0 atom stereocenters. The Morgan fingerprint density at radius 1 is 1.22 bits per heavy atom. The SMILES string of the molecule is Cn1c(=O)c2c(ncn2CCNc2cccc(Cl)c2)n(C)c1=O. The van der Waals surface area contributed by atoms with E-state index in [1.807, 2.05) is 18.2 Å². The molecule has 2 heterocycles. The van der Waals surface area contributed by atoms with Crippen molar-refractivity contribution in [2.24, 2.45) is 14.1 Å². The zero-order valence-corrected chi connectivity index (χ0v) is 13.5. The van der Waals surface area contributed by atoms with E-state index in [0.717, 1.165) is 10.3 Å². The van der Waals surface area contributed by atoms with Crippen LogP contribution in [0.3, 0.4) is 0 Å². The molecular weight excluding hydrogens is 318 g/mol. The number of hydrogen-bond donors (Lipinski definition) is 1. The van der Waals surface area contributed by atoms with Gasteiger partial charge in [0.2, 0.25) is 0 Å². The quantitative estimate of drug-likeness (QED) is 0.778. The molecule has 2 aromatic heterocycles. The molecule has 0 unspecified atom stereocenters. The van der Waals surface area contributed by atoms with Gasteiger partial charge in [0.05, 0.1) is 6.33 Å². The van der Waals surface area contributed by atoms with Gasteiger partial charge in [0.15, 0.2) is 11.2 Å². The Balaban J connectivity index is 1.87. The highest BCUT2D eigenvalue weighted by molar-refractivity contribution is 6.30. The second-order valence-electron chi connectivity index (χ2n) is 5.25. The first kappa shape index (κ1) is 15.4. The molecule has 23 heavy (non-hydrogen) atoms. The van der Waals surface area contributed by atoms with Gasteiger partial charge in [0.1, 0.15) is 0 Å². The Labute approximate surface area is 136 Å². The summed E-state index contributed by atoms with van der Waals surface area (Å²) >= 11 is 5.94. The van der Waals surface area contributed by atoms with Crippen molar-refractivity contribution in [3.63, 3.8) is 0 Å². The lowest BCUT2D eigenvalue weighted by atomic mass is 10.3. The van der Waals surface area contributed by atoms with Crippen molar-refractivity contribution in [2.75, 3.05) is 11.9 Å². The van der Waals surface area contributed by atoms with E-state index in [-0.39, 0.29) is 11.2 Å². The molecule has 0 spiro atoms. The maximum Gasteiger partial charge on any atom is 0.332 e. The molecular formula is C15H16ClN5O2. The molecule has 0 bridgehead atoms. The fourth-order valence-corrected chi connectivity index (χ4v) is 2.68. The summed E-state index contributed by atoms with van der Waals surface area (Å²) in [6.45, 7) is 1.13. The predicted octanol–water partition coefficient (Wildman–Crippen LogP) is 1.20. The first-order valence-corrected chi connectivity index (χ1v) is 7.47.